The lowest BCUT2D eigenvalue weighted by Crippen LogP contribution is -2.02. The van der Waals surface area contributed by atoms with Crippen molar-refractivity contribution >= 4 is 39.6 Å². The highest BCUT2D eigenvalue weighted by molar-refractivity contribution is 9.10. The zero-order valence-corrected chi connectivity index (χ0v) is 13.2. The first-order chi connectivity index (χ1) is 9.08. The molecule has 0 aromatic heterocycles. The average Bonchev–Trinajstić information content (AvgIpc) is 2.43. The highest BCUT2D eigenvalue weighted by atomic mass is 79.9. The zero-order chi connectivity index (χ0) is 14.3. The van der Waals surface area contributed by atoms with Crippen molar-refractivity contribution in [2.24, 2.45) is 0 Å². The van der Waals surface area contributed by atoms with E-state index >= 15 is 0 Å². The van der Waals surface area contributed by atoms with Gasteiger partial charge in [-0.05, 0) is 17.7 Å². The quantitative estimate of drug-likeness (QED) is 0.585. The molecule has 0 saturated carbocycles. The van der Waals surface area contributed by atoms with Crippen LogP contribution in [0.4, 0.5) is 0 Å². The van der Waals surface area contributed by atoms with Crippen molar-refractivity contribution in [1.82, 2.24) is 0 Å². The average molecular weight is 347 g/mol. The molecular weight excluding hydrogens is 332 g/mol. The Morgan fingerprint density at radius 2 is 2.00 bits per heavy atom. The van der Waals surface area contributed by atoms with E-state index in [0.29, 0.717) is 17.7 Å². The van der Waals surface area contributed by atoms with Crippen LogP contribution in [0.5, 0.6) is 0 Å². The van der Waals surface area contributed by atoms with Crippen LogP contribution in [0, 0.1) is 0 Å². The predicted octanol–water partition coefficient (Wildman–Crippen LogP) is 3.03. The molecule has 4 nitrogen and oxygen atoms in total. The summed E-state index contributed by atoms with van der Waals surface area (Å²) in [5.74, 6) is 0.912. The number of thioether (sulfide) groups is 1. The lowest BCUT2D eigenvalue weighted by atomic mass is 10.1. The lowest BCUT2D eigenvalue weighted by Gasteiger charge is -2.06. The van der Waals surface area contributed by atoms with Crippen LogP contribution in [0.15, 0.2) is 22.7 Å². The zero-order valence-electron chi connectivity index (χ0n) is 10.8. The van der Waals surface area contributed by atoms with Gasteiger partial charge < -0.3 is 9.47 Å². The normalized spacial score (nSPS) is 10.1. The second-order valence-corrected chi connectivity index (χ2v) is 5.64. The number of carbonyl (C=O) groups excluding carboxylic acids is 2. The molecule has 0 amide bonds. The van der Waals surface area contributed by atoms with Crippen LogP contribution >= 0.6 is 27.7 Å². The van der Waals surface area contributed by atoms with E-state index in [0.717, 1.165) is 15.8 Å². The molecule has 0 bridgehead atoms. The van der Waals surface area contributed by atoms with Crippen LogP contribution < -0.4 is 0 Å². The summed E-state index contributed by atoms with van der Waals surface area (Å²) in [5, 5.41) is 0. The highest BCUT2D eigenvalue weighted by Crippen LogP contribution is 2.23. The maximum absolute atomic E-state index is 11.3. The molecule has 0 aliphatic rings. The first-order valence-electron chi connectivity index (χ1n) is 5.59. The van der Waals surface area contributed by atoms with Gasteiger partial charge in [0.1, 0.15) is 0 Å². The minimum atomic E-state index is -0.356. The molecule has 0 N–H and O–H groups in total. The number of rotatable bonds is 6. The number of methoxy groups -OCH3 is 2. The van der Waals surface area contributed by atoms with Crippen LogP contribution in [0.25, 0.3) is 0 Å². The number of hydrogen-bond donors (Lipinski definition) is 0. The van der Waals surface area contributed by atoms with Gasteiger partial charge in [0.05, 0.1) is 26.2 Å². The Morgan fingerprint density at radius 3 is 2.58 bits per heavy atom. The molecule has 1 aromatic rings. The summed E-state index contributed by atoms with van der Waals surface area (Å²) in [7, 11) is 2.74. The highest BCUT2D eigenvalue weighted by Gasteiger charge is 2.08. The summed E-state index contributed by atoms with van der Waals surface area (Å²) >= 11 is 5.06. The summed E-state index contributed by atoms with van der Waals surface area (Å²) in [6.45, 7) is 0. The first kappa shape index (κ1) is 16.0. The largest absolute Gasteiger partial charge is 0.469 e. The van der Waals surface area contributed by atoms with Gasteiger partial charge in [-0.15, -0.1) is 0 Å². The van der Waals surface area contributed by atoms with Crippen molar-refractivity contribution in [2.45, 2.75) is 12.2 Å². The smallest absolute Gasteiger partial charge is 0.337 e. The minimum Gasteiger partial charge on any atom is -0.469 e. The number of carbonyl (C=O) groups is 2. The molecule has 0 atom stereocenters. The van der Waals surface area contributed by atoms with E-state index in [9.17, 15) is 9.59 Å². The van der Waals surface area contributed by atoms with E-state index in [-0.39, 0.29) is 11.9 Å². The standard InChI is InChI=1S/C13H15BrO4S/c1-17-12(15)5-6-19-8-10-4-3-9(7-11(10)14)13(16)18-2/h3-4,7H,5-6,8H2,1-2H3. The molecular formula is C13H15BrO4S. The summed E-state index contributed by atoms with van der Waals surface area (Å²) in [4.78, 5) is 22.3. The van der Waals surface area contributed by atoms with Crippen LogP contribution in [0.1, 0.15) is 22.3 Å². The third kappa shape index (κ3) is 5.24. The predicted molar refractivity (Wildman–Crippen MR) is 78.3 cm³/mol. The molecule has 0 saturated heterocycles. The van der Waals surface area contributed by atoms with Gasteiger partial charge in [0.2, 0.25) is 0 Å². The second-order valence-electron chi connectivity index (χ2n) is 3.68. The maximum Gasteiger partial charge on any atom is 0.337 e. The van der Waals surface area contributed by atoms with Gasteiger partial charge in [-0.25, -0.2) is 4.79 Å². The van der Waals surface area contributed by atoms with Gasteiger partial charge in [-0.3, -0.25) is 4.79 Å². The number of halogens is 1. The first-order valence-corrected chi connectivity index (χ1v) is 7.54. The SMILES string of the molecule is COC(=O)CCSCc1ccc(C(=O)OC)cc1Br. The number of ether oxygens (including phenoxy) is 2. The molecule has 0 fully saturated rings. The van der Waals surface area contributed by atoms with Gasteiger partial charge in [-0.2, -0.15) is 11.8 Å². The minimum absolute atomic E-state index is 0.201. The van der Waals surface area contributed by atoms with Gasteiger partial charge >= 0.3 is 11.9 Å². The van der Waals surface area contributed by atoms with E-state index in [1.807, 2.05) is 6.07 Å². The van der Waals surface area contributed by atoms with E-state index in [1.165, 1.54) is 14.2 Å². The topological polar surface area (TPSA) is 52.6 Å². The van der Waals surface area contributed by atoms with Gasteiger partial charge in [-0.1, -0.05) is 22.0 Å². The van der Waals surface area contributed by atoms with E-state index in [2.05, 4.69) is 25.4 Å². The summed E-state index contributed by atoms with van der Waals surface area (Å²) in [6.07, 6.45) is 0.402. The van der Waals surface area contributed by atoms with Crippen molar-refractivity contribution < 1.29 is 19.1 Å². The van der Waals surface area contributed by atoms with E-state index < -0.39 is 0 Å². The Balaban J connectivity index is 2.51. The summed E-state index contributed by atoms with van der Waals surface area (Å²) in [5.41, 5.74) is 1.58. The molecule has 0 spiro atoms. The monoisotopic (exact) mass is 346 g/mol. The fraction of sp³-hybridized carbons (Fsp3) is 0.385. The van der Waals surface area contributed by atoms with Crippen molar-refractivity contribution in [3.63, 3.8) is 0 Å². The molecule has 0 unspecified atom stereocenters. The van der Waals surface area contributed by atoms with Crippen LogP contribution in [0.2, 0.25) is 0 Å². The fourth-order valence-electron chi connectivity index (χ4n) is 1.35. The van der Waals surface area contributed by atoms with E-state index in [1.54, 1.807) is 23.9 Å². The maximum atomic E-state index is 11.3. The molecule has 0 aliphatic carbocycles. The number of benzene rings is 1. The Kier molecular flexibility index (Phi) is 6.94. The van der Waals surface area contributed by atoms with Gasteiger partial charge in [0.25, 0.3) is 0 Å². The Hall–Kier alpha value is -1.01. The molecule has 0 radical (unpaired) electrons. The van der Waals surface area contributed by atoms with Crippen LogP contribution in [-0.4, -0.2) is 31.9 Å². The van der Waals surface area contributed by atoms with E-state index in [4.69, 9.17) is 0 Å². The molecule has 1 aromatic carbocycles. The molecule has 19 heavy (non-hydrogen) atoms. The van der Waals surface area contributed by atoms with Crippen LogP contribution in [0.3, 0.4) is 0 Å². The van der Waals surface area contributed by atoms with Crippen LogP contribution in [-0.2, 0) is 20.0 Å². The Morgan fingerprint density at radius 1 is 1.26 bits per heavy atom. The molecule has 104 valence electrons. The second kappa shape index (κ2) is 8.22. The molecule has 0 heterocycles. The fourth-order valence-corrected chi connectivity index (χ4v) is 2.98. The number of hydrogen-bond acceptors (Lipinski definition) is 5. The third-order valence-corrected chi connectivity index (χ3v) is 4.16. The molecule has 0 aliphatic heterocycles. The molecule has 6 heteroatoms. The van der Waals surface area contributed by atoms with Crippen molar-refractivity contribution in [3.05, 3.63) is 33.8 Å². The lowest BCUT2D eigenvalue weighted by molar-refractivity contribution is -0.140. The van der Waals surface area contributed by atoms with Crippen molar-refractivity contribution in [1.29, 1.82) is 0 Å². The van der Waals surface area contributed by atoms with Crippen molar-refractivity contribution in [3.8, 4) is 0 Å². The van der Waals surface area contributed by atoms with Crippen molar-refractivity contribution in [2.75, 3.05) is 20.0 Å². The Bertz CT molecular complexity index is 462. The van der Waals surface area contributed by atoms with Gasteiger partial charge in [0.15, 0.2) is 0 Å². The molecule has 1 rings (SSSR count). The number of esters is 2. The third-order valence-electron chi connectivity index (χ3n) is 2.41. The Labute approximate surface area is 125 Å². The summed E-state index contributed by atoms with van der Waals surface area (Å²) in [6, 6.07) is 5.34. The summed E-state index contributed by atoms with van der Waals surface area (Å²) < 4.78 is 10.1. The van der Waals surface area contributed by atoms with Gasteiger partial charge in [0, 0.05) is 16.0 Å².